The van der Waals surface area contributed by atoms with E-state index in [2.05, 4.69) is 14.1 Å². The summed E-state index contributed by atoms with van der Waals surface area (Å²) >= 11 is 0. The summed E-state index contributed by atoms with van der Waals surface area (Å²) in [5, 5.41) is 0. The van der Waals surface area contributed by atoms with Crippen LogP contribution in [0.15, 0.2) is 0 Å². The van der Waals surface area contributed by atoms with Crippen molar-refractivity contribution in [2.45, 2.75) is 18.9 Å². The summed E-state index contributed by atoms with van der Waals surface area (Å²) in [6.07, 6.45) is 3.02. The predicted octanol–water partition coefficient (Wildman–Crippen LogP) is 0.855. The molecule has 2 aliphatic rings. The lowest BCUT2D eigenvalue weighted by Gasteiger charge is -2.59. The third-order valence-electron chi connectivity index (χ3n) is 2.98. The molecule has 0 aromatic carbocycles. The van der Waals surface area contributed by atoms with Gasteiger partial charge in [0, 0.05) is 6.42 Å². The maximum atomic E-state index is 2.35. The van der Waals surface area contributed by atoms with Crippen LogP contribution in [-0.2, 0) is 0 Å². The first-order valence-corrected chi connectivity index (χ1v) is 3.53. The second-order valence-electron chi connectivity index (χ2n) is 3.87. The zero-order chi connectivity index (χ0) is 5.78. The standard InChI is InChI=1S/C7H14N/c1-8(2)5-6-3-4-7(6)8/h6-7H,3-5H2,1-2H3/q+1. The number of hydrogen-bond acceptors (Lipinski definition) is 0. The van der Waals surface area contributed by atoms with E-state index in [-0.39, 0.29) is 0 Å². The average molecular weight is 112 g/mol. The van der Waals surface area contributed by atoms with Gasteiger partial charge in [-0.3, -0.25) is 0 Å². The van der Waals surface area contributed by atoms with Crippen LogP contribution in [0, 0.1) is 5.92 Å². The fourth-order valence-corrected chi connectivity index (χ4v) is 2.29. The zero-order valence-corrected chi connectivity index (χ0v) is 5.72. The molecule has 1 saturated carbocycles. The molecular weight excluding hydrogens is 98.1 g/mol. The SMILES string of the molecule is C[N+]1(C)CC2CCC21. The fraction of sp³-hybridized carbons (Fsp3) is 1.00. The van der Waals surface area contributed by atoms with Gasteiger partial charge in [-0.1, -0.05) is 0 Å². The minimum Gasteiger partial charge on any atom is -0.325 e. The molecule has 1 saturated heterocycles. The van der Waals surface area contributed by atoms with E-state index in [1.807, 2.05) is 0 Å². The number of quaternary nitrogens is 1. The number of nitrogens with zero attached hydrogens (tertiary/aromatic N) is 1. The van der Waals surface area contributed by atoms with Crippen LogP contribution in [0.4, 0.5) is 0 Å². The number of likely N-dealkylation sites (tertiary alicyclic amines) is 1. The second kappa shape index (κ2) is 1.10. The molecule has 0 radical (unpaired) electrons. The van der Waals surface area contributed by atoms with E-state index in [1.54, 1.807) is 0 Å². The molecule has 2 rings (SSSR count). The molecule has 8 heavy (non-hydrogen) atoms. The quantitative estimate of drug-likeness (QED) is 0.408. The van der Waals surface area contributed by atoms with Crippen molar-refractivity contribution in [3.63, 3.8) is 0 Å². The van der Waals surface area contributed by atoms with E-state index in [4.69, 9.17) is 0 Å². The molecule has 46 valence electrons. The van der Waals surface area contributed by atoms with E-state index in [0.717, 1.165) is 12.0 Å². The first kappa shape index (κ1) is 4.80. The van der Waals surface area contributed by atoms with Crippen molar-refractivity contribution >= 4 is 0 Å². The van der Waals surface area contributed by atoms with Gasteiger partial charge in [0.2, 0.25) is 0 Å². The largest absolute Gasteiger partial charge is 0.325 e. The highest BCUT2D eigenvalue weighted by atomic mass is 15.4. The molecule has 2 unspecified atom stereocenters. The molecular formula is C7H14N+. The molecule has 1 heterocycles. The van der Waals surface area contributed by atoms with Crippen molar-refractivity contribution in [3.05, 3.63) is 0 Å². The van der Waals surface area contributed by atoms with Gasteiger partial charge in [0.05, 0.1) is 32.6 Å². The molecule has 0 N–H and O–H groups in total. The van der Waals surface area contributed by atoms with Gasteiger partial charge in [0.15, 0.2) is 0 Å². The lowest BCUT2D eigenvalue weighted by Crippen LogP contribution is -2.70. The van der Waals surface area contributed by atoms with E-state index >= 15 is 0 Å². The molecule has 1 heteroatoms. The Balaban J connectivity index is 2.07. The highest BCUT2D eigenvalue weighted by molar-refractivity contribution is 4.88. The Morgan fingerprint density at radius 1 is 1.25 bits per heavy atom. The normalized spacial score (nSPS) is 48.8. The summed E-state index contributed by atoms with van der Waals surface area (Å²) in [4.78, 5) is 0. The monoisotopic (exact) mass is 112 g/mol. The van der Waals surface area contributed by atoms with Crippen molar-refractivity contribution in [1.29, 1.82) is 0 Å². The van der Waals surface area contributed by atoms with E-state index < -0.39 is 0 Å². The van der Waals surface area contributed by atoms with Gasteiger partial charge >= 0.3 is 0 Å². The molecule has 0 amide bonds. The summed E-state index contributed by atoms with van der Waals surface area (Å²) in [6, 6.07) is 1.06. The Labute approximate surface area is 50.9 Å². The van der Waals surface area contributed by atoms with Crippen LogP contribution in [0.5, 0.6) is 0 Å². The summed E-state index contributed by atoms with van der Waals surface area (Å²) < 4.78 is 1.31. The Hall–Kier alpha value is -0.0400. The molecule has 2 atom stereocenters. The third kappa shape index (κ3) is 0.368. The van der Waals surface area contributed by atoms with Crippen molar-refractivity contribution in [1.82, 2.24) is 0 Å². The van der Waals surface area contributed by atoms with Gasteiger partial charge in [-0.15, -0.1) is 0 Å². The third-order valence-corrected chi connectivity index (χ3v) is 2.98. The van der Waals surface area contributed by atoms with Crippen LogP contribution < -0.4 is 0 Å². The topological polar surface area (TPSA) is 0 Å². The Morgan fingerprint density at radius 3 is 2.00 bits per heavy atom. The Bertz CT molecular complexity index is 118. The van der Waals surface area contributed by atoms with Crippen LogP contribution in [0.1, 0.15) is 12.8 Å². The minimum atomic E-state index is 1.06. The molecule has 1 aliphatic carbocycles. The maximum absolute atomic E-state index is 2.35. The van der Waals surface area contributed by atoms with Crippen LogP contribution in [0.3, 0.4) is 0 Å². The lowest BCUT2D eigenvalue weighted by molar-refractivity contribution is -0.977. The van der Waals surface area contributed by atoms with Crippen molar-refractivity contribution in [2.75, 3.05) is 20.6 Å². The fourth-order valence-electron chi connectivity index (χ4n) is 2.29. The molecule has 2 fully saturated rings. The summed E-state index contributed by atoms with van der Waals surface area (Å²) in [5.74, 6) is 1.13. The van der Waals surface area contributed by atoms with Gasteiger partial charge in [0.1, 0.15) is 0 Å². The molecule has 0 aromatic heterocycles. The predicted molar refractivity (Wildman–Crippen MR) is 33.5 cm³/mol. The van der Waals surface area contributed by atoms with Crippen molar-refractivity contribution < 1.29 is 4.48 Å². The van der Waals surface area contributed by atoms with Gasteiger partial charge < -0.3 is 4.48 Å². The van der Waals surface area contributed by atoms with Crippen LogP contribution in [0.25, 0.3) is 0 Å². The van der Waals surface area contributed by atoms with Gasteiger partial charge in [-0.2, -0.15) is 0 Å². The van der Waals surface area contributed by atoms with E-state index in [0.29, 0.717) is 0 Å². The van der Waals surface area contributed by atoms with Crippen LogP contribution in [-0.4, -0.2) is 31.2 Å². The van der Waals surface area contributed by atoms with Gasteiger partial charge in [0.25, 0.3) is 0 Å². The van der Waals surface area contributed by atoms with Crippen molar-refractivity contribution in [2.24, 2.45) is 5.92 Å². The molecule has 0 bridgehead atoms. The Morgan fingerprint density at radius 2 is 2.00 bits per heavy atom. The average Bonchev–Trinajstić information content (AvgIpc) is 1.57. The van der Waals surface area contributed by atoms with Gasteiger partial charge in [-0.05, 0) is 6.42 Å². The first-order chi connectivity index (χ1) is 3.70. The molecule has 1 aliphatic heterocycles. The number of piperidine rings is 1. The number of rotatable bonds is 0. The molecule has 0 aromatic rings. The highest BCUT2D eigenvalue weighted by Gasteiger charge is 2.54. The van der Waals surface area contributed by atoms with Gasteiger partial charge in [-0.25, -0.2) is 0 Å². The number of hydrogen-bond donors (Lipinski definition) is 0. The minimum absolute atomic E-state index is 1.06. The lowest BCUT2D eigenvalue weighted by atomic mass is 9.70. The summed E-state index contributed by atoms with van der Waals surface area (Å²) in [5.41, 5.74) is 0. The smallest absolute Gasteiger partial charge is 0.0969 e. The van der Waals surface area contributed by atoms with Crippen LogP contribution >= 0.6 is 0 Å². The highest BCUT2D eigenvalue weighted by Crippen LogP contribution is 2.44. The van der Waals surface area contributed by atoms with E-state index in [1.165, 1.54) is 23.9 Å². The zero-order valence-electron chi connectivity index (χ0n) is 5.72. The number of fused-ring (bicyclic) bond motifs is 1. The van der Waals surface area contributed by atoms with E-state index in [9.17, 15) is 0 Å². The Kier molecular flexibility index (Phi) is 0.663. The van der Waals surface area contributed by atoms with Crippen molar-refractivity contribution in [3.8, 4) is 0 Å². The molecule has 1 nitrogen and oxygen atoms in total. The summed E-state index contributed by atoms with van der Waals surface area (Å²) in [7, 11) is 4.70. The summed E-state index contributed by atoms with van der Waals surface area (Å²) in [6.45, 7) is 1.45. The molecule has 0 spiro atoms. The maximum Gasteiger partial charge on any atom is 0.0969 e. The second-order valence-corrected chi connectivity index (χ2v) is 3.87. The van der Waals surface area contributed by atoms with Crippen LogP contribution in [0.2, 0.25) is 0 Å². The first-order valence-electron chi connectivity index (χ1n) is 3.53.